The summed E-state index contributed by atoms with van der Waals surface area (Å²) in [6.45, 7) is 0. The molecular weight excluding hydrogens is 342 g/mol. The van der Waals surface area contributed by atoms with Gasteiger partial charge in [-0.2, -0.15) is 0 Å². The average molecular weight is 361 g/mol. The topological polar surface area (TPSA) is 89.6 Å². The predicted molar refractivity (Wildman–Crippen MR) is 95.6 cm³/mol. The monoisotopic (exact) mass is 361 g/mol. The molecule has 0 bridgehead atoms. The number of rotatable bonds is 7. The van der Waals surface area contributed by atoms with Crippen LogP contribution in [0.25, 0.3) is 0 Å². The summed E-state index contributed by atoms with van der Waals surface area (Å²) in [5.74, 6) is 1.06. The molecule has 2 aromatic rings. The number of methoxy groups -OCH3 is 2. The van der Waals surface area contributed by atoms with E-state index in [0.29, 0.717) is 22.8 Å². The molecule has 0 aliphatic heterocycles. The van der Waals surface area contributed by atoms with Crippen LogP contribution in [-0.4, -0.2) is 36.8 Å². The Labute approximate surface area is 150 Å². The largest absolute Gasteiger partial charge is 0.493 e. The summed E-state index contributed by atoms with van der Waals surface area (Å²) in [6, 6.07) is 10.4. The van der Waals surface area contributed by atoms with Gasteiger partial charge in [0.15, 0.2) is 11.5 Å². The van der Waals surface area contributed by atoms with E-state index < -0.39 is 5.91 Å². The van der Waals surface area contributed by atoms with Gasteiger partial charge in [0.1, 0.15) is 0 Å². The fraction of sp³-hybridized carbons (Fsp3) is 0.235. The molecular formula is C17H19N3O4S. The zero-order valence-corrected chi connectivity index (χ0v) is 14.8. The van der Waals surface area contributed by atoms with Gasteiger partial charge in [0.2, 0.25) is 5.91 Å². The van der Waals surface area contributed by atoms with Crippen molar-refractivity contribution in [2.24, 2.45) is 0 Å². The van der Waals surface area contributed by atoms with E-state index in [-0.39, 0.29) is 11.7 Å². The molecule has 0 spiro atoms. The second kappa shape index (κ2) is 9.53. The van der Waals surface area contributed by atoms with Crippen molar-refractivity contribution < 1.29 is 19.1 Å². The first-order valence-corrected chi connectivity index (χ1v) is 8.58. The first kappa shape index (κ1) is 18.6. The van der Waals surface area contributed by atoms with E-state index >= 15 is 0 Å². The van der Waals surface area contributed by atoms with Crippen LogP contribution >= 0.6 is 11.8 Å². The number of carbonyl (C=O) groups excluding carboxylic acids is 2. The maximum atomic E-state index is 12.1. The molecule has 7 nitrogen and oxygen atoms in total. The van der Waals surface area contributed by atoms with Crippen molar-refractivity contribution in [2.75, 3.05) is 20.0 Å². The van der Waals surface area contributed by atoms with Crippen molar-refractivity contribution in [3.8, 4) is 11.5 Å². The zero-order chi connectivity index (χ0) is 18.1. The van der Waals surface area contributed by atoms with Gasteiger partial charge in [-0.15, -0.1) is 11.8 Å². The number of amides is 2. The maximum absolute atomic E-state index is 12.1. The number of hydrazine groups is 1. The SMILES string of the molecule is COc1ccc(C(=O)NNC(=O)CSCc2ccccn2)cc1OC. The number of benzene rings is 1. The van der Waals surface area contributed by atoms with Crippen molar-refractivity contribution in [2.45, 2.75) is 5.75 Å². The quantitative estimate of drug-likeness (QED) is 0.731. The predicted octanol–water partition coefficient (Wildman–Crippen LogP) is 1.79. The highest BCUT2D eigenvalue weighted by atomic mass is 32.2. The molecule has 2 amide bonds. The minimum atomic E-state index is -0.441. The molecule has 8 heteroatoms. The van der Waals surface area contributed by atoms with Crippen LogP contribution in [0.15, 0.2) is 42.6 Å². The molecule has 0 fully saturated rings. The maximum Gasteiger partial charge on any atom is 0.269 e. The van der Waals surface area contributed by atoms with Gasteiger partial charge in [-0.3, -0.25) is 25.4 Å². The fourth-order valence-electron chi connectivity index (χ4n) is 1.94. The second-order valence-corrected chi connectivity index (χ2v) is 5.87. The first-order valence-electron chi connectivity index (χ1n) is 7.43. The third-order valence-electron chi connectivity index (χ3n) is 3.17. The van der Waals surface area contributed by atoms with Crippen LogP contribution < -0.4 is 20.3 Å². The molecule has 0 saturated heterocycles. The summed E-state index contributed by atoms with van der Waals surface area (Å²) >= 11 is 1.41. The van der Waals surface area contributed by atoms with Crippen molar-refractivity contribution >= 4 is 23.6 Å². The smallest absolute Gasteiger partial charge is 0.269 e. The summed E-state index contributed by atoms with van der Waals surface area (Å²) in [5.41, 5.74) is 6.00. The minimum Gasteiger partial charge on any atom is -0.493 e. The van der Waals surface area contributed by atoms with Gasteiger partial charge in [0.25, 0.3) is 5.91 Å². The number of nitrogens with one attached hydrogen (secondary N) is 2. The van der Waals surface area contributed by atoms with E-state index in [1.54, 1.807) is 18.3 Å². The molecule has 0 aliphatic carbocycles. The number of carbonyl (C=O) groups is 2. The van der Waals surface area contributed by atoms with Crippen molar-refractivity contribution in [3.05, 3.63) is 53.9 Å². The molecule has 2 rings (SSSR count). The summed E-state index contributed by atoms with van der Waals surface area (Å²) in [6.07, 6.45) is 1.71. The van der Waals surface area contributed by atoms with E-state index in [1.165, 1.54) is 32.0 Å². The Morgan fingerprint density at radius 2 is 1.88 bits per heavy atom. The molecule has 25 heavy (non-hydrogen) atoms. The van der Waals surface area contributed by atoms with E-state index in [0.717, 1.165) is 5.69 Å². The minimum absolute atomic E-state index is 0.211. The van der Waals surface area contributed by atoms with Crippen LogP contribution in [0.4, 0.5) is 0 Å². The summed E-state index contributed by atoms with van der Waals surface area (Å²) < 4.78 is 10.3. The van der Waals surface area contributed by atoms with E-state index in [4.69, 9.17) is 9.47 Å². The van der Waals surface area contributed by atoms with E-state index in [9.17, 15) is 9.59 Å². The Morgan fingerprint density at radius 1 is 1.08 bits per heavy atom. The van der Waals surface area contributed by atoms with Gasteiger partial charge in [0, 0.05) is 17.5 Å². The number of aromatic nitrogens is 1. The van der Waals surface area contributed by atoms with Gasteiger partial charge in [-0.1, -0.05) is 6.07 Å². The van der Waals surface area contributed by atoms with Gasteiger partial charge in [-0.05, 0) is 30.3 Å². The number of ether oxygens (including phenoxy) is 2. The highest BCUT2D eigenvalue weighted by molar-refractivity contribution is 7.99. The number of thioether (sulfide) groups is 1. The number of hydrogen-bond acceptors (Lipinski definition) is 6. The fourth-order valence-corrected chi connectivity index (χ4v) is 2.68. The summed E-state index contributed by atoms with van der Waals surface area (Å²) in [4.78, 5) is 28.0. The number of pyridine rings is 1. The van der Waals surface area contributed by atoms with Gasteiger partial charge in [0.05, 0.1) is 25.7 Å². The van der Waals surface area contributed by atoms with Crippen molar-refractivity contribution in [1.82, 2.24) is 15.8 Å². The molecule has 1 aromatic heterocycles. The third-order valence-corrected chi connectivity index (χ3v) is 4.14. The molecule has 1 aromatic carbocycles. The van der Waals surface area contributed by atoms with Gasteiger partial charge < -0.3 is 9.47 Å². The molecule has 132 valence electrons. The van der Waals surface area contributed by atoms with Gasteiger partial charge >= 0.3 is 0 Å². The molecule has 0 radical (unpaired) electrons. The Bertz CT molecular complexity index is 725. The lowest BCUT2D eigenvalue weighted by atomic mass is 10.2. The van der Waals surface area contributed by atoms with Crippen LogP contribution in [-0.2, 0) is 10.5 Å². The second-order valence-electron chi connectivity index (χ2n) is 4.89. The lowest BCUT2D eigenvalue weighted by Crippen LogP contribution is -2.42. The molecule has 0 aliphatic rings. The van der Waals surface area contributed by atoms with E-state index in [2.05, 4.69) is 15.8 Å². The molecule has 1 heterocycles. The Hall–Kier alpha value is -2.74. The normalized spacial score (nSPS) is 10.0. The van der Waals surface area contributed by atoms with Crippen LogP contribution in [0.2, 0.25) is 0 Å². The lowest BCUT2D eigenvalue weighted by Gasteiger charge is -2.10. The Balaban J connectivity index is 1.78. The first-order chi connectivity index (χ1) is 12.1. The Kier molecular flexibility index (Phi) is 7.09. The van der Waals surface area contributed by atoms with Crippen LogP contribution in [0.5, 0.6) is 11.5 Å². The highest BCUT2D eigenvalue weighted by Gasteiger charge is 2.11. The molecule has 2 N–H and O–H groups in total. The van der Waals surface area contributed by atoms with Gasteiger partial charge in [-0.25, -0.2) is 0 Å². The summed E-state index contributed by atoms with van der Waals surface area (Å²) in [5, 5.41) is 0. The number of nitrogens with zero attached hydrogens (tertiary/aromatic N) is 1. The lowest BCUT2D eigenvalue weighted by molar-refractivity contribution is -0.119. The molecule has 0 unspecified atom stereocenters. The third kappa shape index (κ3) is 5.68. The summed E-state index contributed by atoms with van der Waals surface area (Å²) in [7, 11) is 3.00. The highest BCUT2D eigenvalue weighted by Crippen LogP contribution is 2.27. The standard InChI is InChI=1S/C17H19N3O4S/c1-23-14-7-6-12(9-15(14)24-2)17(22)20-19-16(21)11-25-10-13-5-3-4-8-18-13/h3-9H,10-11H2,1-2H3,(H,19,21)(H,20,22). The average Bonchev–Trinajstić information content (AvgIpc) is 2.66. The van der Waals surface area contributed by atoms with Crippen LogP contribution in [0.1, 0.15) is 16.1 Å². The van der Waals surface area contributed by atoms with Crippen molar-refractivity contribution in [1.29, 1.82) is 0 Å². The molecule has 0 saturated carbocycles. The van der Waals surface area contributed by atoms with Crippen LogP contribution in [0, 0.1) is 0 Å². The molecule has 0 atom stereocenters. The Morgan fingerprint density at radius 3 is 2.56 bits per heavy atom. The van der Waals surface area contributed by atoms with Crippen LogP contribution in [0.3, 0.4) is 0 Å². The van der Waals surface area contributed by atoms with Crippen molar-refractivity contribution in [3.63, 3.8) is 0 Å². The van der Waals surface area contributed by atoms with E-state index in [1.807, 2.05) is 18.2 Å². The number of hydrogen-bond donors (Lipinski definition) is 2. The zero-order valence-electron chi connectivity index (χ0n) is 13.9.